The number of ether oxygens (including phenoxy) is 1. The van der Waals surface area contributed by atoms with Crippen molar-refractivity contribution in [2.75, 3.05) is 26.2 Å². The minimum atomic E-state index is -0.176. The molecule has 1 fully saturated rings. The Kier molecular flexibility index (Phi) is 3.97. The highest BCUT2D eigenvalue weighted by Crippen LogP contribution is 2.12. The molecule has 1 N–H and O–H groups in total. The predicted octanol–water partition coefficient (Wildman–Crippen LogP) is 1.00. The van der Waals surface area contributed by atoms with Crippen LogP contribution in [0.2, 0.25) is 0 Å². The van der Waals surface area contributed by atoms with Gasteiger partial charge in [0.05, 0.1) is 17.7 Å². The molecule has 1 aromatic carbocycles. The highest BCUT2D eigenvalue weighted by Gasteiger charge is 2.19. The Labute approximate surface area is 101 Å². The number of aliphatic hydroxyl groups excluding tert-OH is 1. The Bertz CT molecular complexity index is 397. The van der Waals surface area contributed by atoms with E-state index in [1.54, 1.807) is 24.3 Å². The summed E-state index contributed by atoms with van der Waals surface area (Å²) in [6.45, 7) is 3.13. The molecule has 2 rings (SSSR count). The van der Waals surface area contributed by atoms with Crippen molar-refractivity contribution in [2.45, 2.75) is 12.5 Å². The maximum atomic E-state index is 9.36. The molecule has 1 atom stereocenters. The standard InChI is InChI=1S/C13H16N2O2/c14-9-11-1-3-13(4-2-11)17-8-7-15-6-5-12(16)10-15/h1-4,12,16H,5-8,10H2/t12-/m0/s1. The van der Waals surface area contributed by atoms with Crippen molar-refractivity contribution in [1.29, 1.82) is 5.26 Å². The van der Waals surface area contributed by atoms with Crippen LogP contribution in [0.4, 0.5) is 0 Å². The van der Waals surface area contributed by atoms with Gasteiger partial charge in [0.1, 0.15) is 12.4 Å². The molecular formula is C13H16N2O2. The summed E-state index contributed by atoms with van der Waals surface area (Å²) in [5, 5.41) is 18.0. The van der Waals surface area contributed by atoms with Gasteiger partial charge in [0.15, 0.2) is 0 Å². The first-order valence-corrected chi connectivity index (χ1v) is 5.81. The molecule has 1 aliphatic rings. The fraction of sp³-hybridized carbons (Fsp3) is 0.462. The van der Waals surface area contributed by atoms with Gasteiger partial charge in [0.2, 0.25) is 0 Å². The van der Waals surface area contributed by atoms with E-state index in [9.17, 15) is 5.11 Å². The van der Waals surface area contributed by atoms with Crippen LogP contribution >= 0.6 is 0 Å². The molecule has 1 saturated heterocycles. The second-order valence-corrected chi connectivity index (χ2v) is 4.23. The lowest BCUT2D eigenvalue weighted by molar-refractivity contribution is 0.167. The molecule has 1 heterocycles. The van der Waals surface area contributed by atoms with Crippen LogP contribution in [0.15, 0.2) is 24.3 Å². The van der Waals surface area contributed by atoms with Crippen LogP contribution in [0.1, 0.15) is 12.0 Å². The van der Waals surface area contributed by atoms with Gasteiger partial charge < -0.3 is 9.84 Å². The first-order valence-electron chi connectivity index (χ1n) is 5.81. The normalized spacial score (nSPS) is 20.1. The summed E-state index contributed by atoms with van der Waals surface area (Å²) in [5.74, 6) is 0.781. The summed E-state index contributed by atoms with van der Waals surface area (Å²) >= 11 is 0. The van der Waals surface area contributed by atoms with Crippen LogP contribution in [0.25, 0.3) is 0 Å². The van der Waals surface area contributed by atoms with Crippen LogP contribution < -0.4 is 4.74 Å². The van der Waals surface area contributed by atoms with Gasteiger partial charge in [-0.3, -0.25) is 4.90 Å². The van der Waals surface area contributed by atoms with Gasteiger partial charge >= 0.3 is 0 Å². The fourth-order valence-corrected chi connectivity index (χ4v) is 1.93. The van der Waals surface area contributed by atoms with E-state index in [-0.39, 0.29) is 6.10 Å². The molecule has 4 nitrogen and oxygen atoms in total. The first kappa shape index (κ1) is 11.9. The van der Waals surface area contributed by atoms with Crippen LogP contribution in [-0.2, 0) is 0 Å². The Balaban J connectivity index is 1.73. The number of hydrogen-bond acceptors (Lipinski definition) is 4. The van der Waals surface area contributed by atoms with E-state index in [1.807, 2.05) is 0 Å². The van der Waals surface area contributed by atoms with Crippen molar-refractivity contribution in [3.8, 4) is 11.8 Å². The molecule has 1 aromatic rings. The molecule has 0 amide bonds. The van der Waals surface area contributed by atoms with Crippen molar-refractivity contribution < 1.29 is 9.84 Å². The number of rotatable bonds is 4. The molecule has 4 heteroatoms. The maximum Gasteiger partial charge on any atom is 0.119 e. The van der Waals surface area contributed by atoms with Crippen molar-refractivity contribution in [1.82, 2.24) is 4.90 Å². The average molecular weight is 232 g/mol. The third kappa shape index (κ3) is 3.45. The number of nitrogens with zero attached hydrogens (tertiary/aromatic N) is 2. The van der Waals surface area contributed by atoms with Gasteiger partial charge in [-0.15, -0.1) is 0 Å². The lowest BCUT2D eigenvalue weighted by Gasteiger charge is -2.15. The maximum absolute atomic E-state index is 9.36. The molecule has 1 aliphatic heterocycles. The molecule has 0 unspecified atom stereocenters. The Morgan fingerprint density at radius 1 is 1.41 bits per heavy atom. The van der Waals surface area contributed by atoms with Crippen LogP contribution in [0.3, 0.4) is 0 Å². The average Bonchev–Trinajstić information content (AvgIpc) is 2.76. The Morgan fingerprint density at radius 2 is 2.18 bits per heavy atom. The molecule has 0 spiro atoms. The van der Waals surface area contributed by atoms with E-state index in [2.05, 4.69) is 11.0 Å². The molecule has 0 aliphatic carbocycles. The van der Waals surface area contributed by atoms with E-state index in [4.69, 9.17) is 10.00 Å². The summed E-state index contributed by atoms with van der Waals surface area (Å²) in [6, 6.07) is 9.16. The van der Waals surface area contributed by atoms with E-state index in [1.165, 1.54) is 0 Å². The second-order valence-electron chi connectivity index (χ2n) is 4.23. The predicted molar refractivity (Wildman–Crippen MR) is 63.7 cm³/mol. The van der Waals surface area contributed by atoms with E-state index < -0.39 is 0 Å². The number of β-amino-alcohol motifs (C(OH)–C–C–N with tert-alkyl or cyclic N) is 1. The van der Waals surface area contributed by atoms with Gasteiger partial charge in [0, 0.05) is 19.6 Å². The summed E-state index contributed by atoms with van der Waals surface area (Å²) < 4.78 is 5.57. The van der Waals surface area contributed by atoms with Crippen LogP contribution in [0, 0.1) is 11.3 Å². The van der Waals surface area contributed by atoms with E-state index in [0.717, 1.165) is 31.8 Å². The third-order valence-electron chi connectivity index (χ3n) is 2.91. The topological polar surface area (TPSA) is 56.5 Å². The van der Waals surface area contributed by atoms with Gasteiger partial charge in [-0.1, -0.05) is 0 Å². The largest absolute Gasteiger partial charge is 0.492 e. The van der Waals surface area contributed by atoms with Crippen molar-refractivity contribution >= 4 is 0 Å². The zero-order valence-electron chi connectivity index (χ0n) is 9.67. The summed E-state index contributed by atoms with van der Waals surface area (Å²) in [7, 11) is 0. The smallest absolute Gasteiger partial charge is 0.119 e. The summed E-state index contributed by atoms with van der Waals surface area (Å²) in [5.41, 5.74) is 0.639. The quantitative estimate of drug-likeness (QED) is 0.841. The van der Waals surface area contributed by atoms with Crippen molar-refractivity contribution in [3.05, 3.63) is 29.8 Å². The zero-order chi connectivity index (χ0) is 12.1. The number of aliphatic hydroxyl groups is 1. The summed E-state index contributed by atoms with van der Waals surface area (Å²) in [6.07, 6.45) is 0.682. The molecule has 0 radical (unpaired) electrons. The number of nitriles is 1. The lowest BCUT2D eigenvalue weighted by Crippen LogP contribution is -2.27. The molecule has 0 aromatic heterocycles. The Morgan fingerprint density at radius 3 is 2.76 bits per heavy atom. The minimum Gasteiger partial charge on any atom is -0.492 e. The van der Waals surface area contributed by atoms with E-state index in [0.29, 0.717) is 12.2 Å². The van der Waals surface area contributed by atoms with Gasteiger partial charge in [-0.05, 0) is 30.7 Å². The van der Waals surface area contributed by atoms with Crippen molar-refractivity contribution in [2.24, 2.45) is 0 Å². The number of hydrogen-bond donors (Lipinski definition) is 1. The molecule has 0 bridgehead atoms. The van der Waals surface area contributed by atoms with Gasteiger partial charge in [0.25, 0.3) is 0 Å². The number of likely N-dealkylation sites (tertiary alicyclic amines) is 1. The van der Waals surface area contributed by atoms with Crippen LogP contribution in [-0.4, -0.2) is 42.4 Å². The molecule has 0 saturated carbocycles. The first-order chi connectivity index (χ1) is 8.28. The fourth-order valence-electron chi connectivity index (χ4n) is 1.93. The molecule has 17 heavy (non-hydrogen) atoms. The lowest BCUT2D eigenvalue weighted by atomic mass is 10.2. The highest BCUT2D eigenvalue weighted by atomic mass is 16.5. The van der Waals surface area contributed by atoms with Crippen LogP contribution in [0.5, 0.6) is 5.75 Å². The molecule has 90 valence electrons. The zero-order valence-corrected chi connectivity index (χ0v) is 9.67. The Hall–Kier alpha value is -1.57. The number of benzene rings is 1. The van der Waals surface area contributed by atoms with Crippen molar-refractivity contribution in [3.63, 3.8) is 0 Å². The SMILES string of the molecule is N#Cc1ccc(OCCN2CC[C@H](O)C2)cc1. The minimum absolute atomic E-state index is 0.176. The van der Waals surface area contributed by atoms with Gasteiger partial charge in [-0.25, -0.2) is 0 Å². The second kappa shape index (κ2) is 5.67. The van der Waals surface area contributed by atoms with E-state index >= 15 is 0 Å². The summed E-state index contributed by atoms with van der Waals surface area (Å²) in [4.78, 5) is 2.19. The monoisotopic (exact) mass is 232 g/mol. The molecular weight excluding hydrogens is 216 g/mol. The van der Waals surface area contributed by atoms with Gasteiger partial charge in [-0.2, -0.15) is 5.26 Å². The highest BCUT2D eigenvalue weighted by molar-refractivity contribution is 5.34. The third-order valence-corrected chi connectivity index (χ3v) is 2.91.